The molecule has 5 heteroatoms. The monoisotopic (exact) mass is 387 g/mol. The third-order valence-electron chi connectivity index (χ3n) is 4.30. The zero-order chi connectivity index (χ0) is 19.5. The summed E-state index contributed by atoms with van der Waals surface area (Å²) in [6.07, 6.45) is 0. The van der Waals surface area contributed by atoms with Crippen molar-refractivity contribution >= 4 is 22.9 Å². The first-order chi connectivity index (χ1) is 13.6. The molecule has 0 fully saturated rings. The number of rotatable bonds is 4. The second-order valence-corrected chi connectivity index (χ2v) is 7.32. The van der Waals surface area contributed by atoms with Gasteiger partial charge >= 0.3 is 0 Å². The van der Waals surface area contributed by atoms with Gasteiger partial charge in [0.25, 0.3) is 5.91 Å². The zero-order valence-corrected chi connectivity index (χ0v) is 15.6. The van der Waals surface area contributed by atoms with Crippen molar-refractivity contribution in [3.63, 3.8) is 0 Å². The minimum Gasteiger partial charge on any atom is -0.508 e. The van der Waals surface area contributed by atoms with Crippen molar-refractivity contribution in [3.05, 3.63) is 89.8 Å². The van der Waals surface area contributed by atoms with Crippen molar-refractivity contribution in [3.8, 4) is 33.1 Å². The van der Waals surface area contributed by atoms with Crippen molar-refractivity contribution in [2.75, 3.05) is 5.32 Å². The van der Waals surface area contributed by atoms with Crippen molar-refractivity contribution < 1.29 is 15.0 Å². The Labute approximate surface area is 166 Å². The van der Waals surface area contributed by atoms with Crippen LogP contribution in [0.3, 0.4) is 0 Å². The van der Waals surface area contributed by atoms with E-state index in [0.29, 0.717) is 4.88 Å². The van der Waals surface area contributed by atoms with Gasteiger partial charge in [-0.2, -0.15) is 0 Å². The zero-order valence-electron chi connectivity index (χ0n) is 14.8. The molecule has 0 radical (unpaired) electrons. The van der Waals surface area contributed by atoms with Crippen molar-refractivity contribution in [2.45, 2.75) is 0 Å². The van der Waals surface area contributed by atoms with Crippen LogP contribution in [0.15, 0.2) is 84.9 Å². The molecule has 0 aliphatic rings. The maximum absolute atomic E-state index is 12.8. The number of anilines is 1. The SMILES string of the molecule is O=C(Nc1ccccc1)c1cc(-c2ccc(O)cc2)c(-c2ccc(O)cc2)s1. The van der Waals surface area contributed by atoms with Gasteiger partial charge in [-0.25, -0.2) is 0 Å². The number of hydrogen-bond acceptors (Lipinski definition) is 4. The number of carbonyl (C=O) groups excluding carboxylic acids is 1. The van der Waals surface area contributed by atoms with Crippen LogP contribution in [0.4, 0.5) is 5.69 Å². The van der Waals surface area contributed by atoms with Gasteiger partial charge in [0.2, 0.25) is 0 Å². The highest BCUT2D eigenvalue weighted by Gasteiger charge is 2.17. The highest BCUT2D eigenvalue weighted by molar-refractivity contribution is 7.18. The number of phenolic OH excluding ortho intramolecular Hbond substituents is 2. The molecule has 0 saturated heterocycles. The molecule has 0 spiro atoms. The topological polar surface area (TPSA) is 69.6 Å². The number of nitrogens with one attached hydrogen (secondary N) is 1. The van der Waals surface area contributed by atoms with Gasteiger partial charge in [0.05, 0.1) is 4.88 Å². The lowest BCUT2D eigenvalue weighted by Crippen LogP contribution is -2.09. The van der Waals surface area contributed by atoms with Crippen LogP contribution in [0, 0.1) is 0 Å². The number of aromatic hydroxyl groups is 2. The summed E-state index contributed by atoms with van der Waals surface area (Å²) in [5.74, 6) is 0.196. The Morgan fingerprint density at radius 3 is 1.93 bits per heavy atom. The summed E-state index contributed by atoms with van der Waals surface area (Å²) in [4.78, 5) is 14.3. The van der Waals surface area contributed by atoms with Crippen LogP contribution >= 0.6 is 11.3 Å². The molecule has 1 heterocycles. The summed E-state index contributed by atoms with van der Waals surface area (Å²) in [5.41, 5.74) is 3.44. The molecule has 1 aromatic heterocycles. The van der Waals surface area contributed by atoms with Crippen LogP contribution < -0.4 is 5.32 Å². The lowest BCUT2D eigenvalue weighted by molar-refractivity contribution is 0.103. The molecule has 3 aromatic carbocycles. The molecule has 4 rings (SSSR count). The smallest absolute Gasteiger partial charge is 0.265 e. The summed E-state index contributed by atoms with van der Waals surface area (Å²) in [5, 5.41) is 22.1. The van der Waals surface area contributed by atoms with E-state index in [1.54, 1.807) is 24.3 Å². The Hall–Kier alpha value is -3.57. The summed E-state index contributed by atoms with van der Waals surface area (Å²) in [7, 11) is 0. The molecule has 0 unspecified atom stereocenters. The van der Waals surface area contributed by atoms with Gasteiger partial charge in [-0.3, -0.25) is 4.79 Å². The predicted octanol–water partition coefficient (Wildman–Crippen LogP) is 5.75. The summed E-state index contributed by atoms with van der Waals surface area (Å²) < 4.78 is 0. The third kappa shape index (κ3) is 3.75. The lowest BCUT2D eigenvalue weighted by atomic mass is 10.0. The third-order valence-corrected chi connectivity index (χ3v) is 5.48. The van der Waals surface area contributed by atoms with E-state index >= 15 is 0 Å². The van der Waals surface area contributed by atoms with Crippen LogP contribution in [-0.4, -0.2) is 16.1 Å². The van der Waals surface area contributed by atoms with E-state index < -0.39 is 0 Å². The quantitative estimate of drug-likeness (QED) is 0.418. The number of benzene rings is 3. The van der Waals surface area contributed by atoms with Gasteiger partial charge in [0.1, 0.15) is 11.5 Å². The Balaban J connectivity index is 1.76. The first-order valence-corrected chi connectivity index (χ1v) is 9.51. The molecule has 0 bridgehead atoms. The fourth-order valence-corrected chi connectivity index (χ4v) is 3.98. The van der Waals surface area contributed by atoms with Gasteiger partial charge in [0.15, 0.2) is 0 Å². The van der Waals surface area contributed by atoms with Gasteiger partial charge < -0.3 is 15.5 Å². The molecule has 3 N–H and O–H groups in total. The Bertz CT molecular complexity index is 1040. The number of thiophene rings is 1. The van der Waals surface area contributed by atoms with E-state index in [0.717, 1.165) is 27.3 Å². The van der Waals surface area contributed by atoms with E-state index in [1.807, 2.05) is 60.7 Å². The van der Waals surface area contributed by atoms with Crippen LogP contribution in [0.1, 0.15) is 9.67 Å². The second-order valence-electron chi connectivity index (χ2n) is 6.27. The van der Waals surface area contributed by atoms with Crippen molar-refractivity contribution in [1.82, 2.24) is 0 Å². The Kier molecular flexibility index (Phi) is 4.83. The maximum Gasteiger partial charge on any atom is 0.265 e. The van der Waals surface area contributed by atoms with E-state index in [2.05, 4.69) is 5.32 Å². The second kappa shape index (κ2) is 7.58. The number of phenols is 2. The molecule has 0 atom stereocenters. The fourth-order valence-electron chi connectivity index (χ4n) is 2.90. The van der Waals surface area contributed by atoms with Gasteiger partial charge in [0, 0.05) is 16.1 Å². The highest BCUT2D eigenvalue weighted by Crippen LogP contribution is 2.40. The van der Waals surface area contributed by atoms with Gasteiger partial charge in [-0.1, -0.05) is 30.3 Å². The van der Waals surface area contributed by atoms with Crippen LogP contribution in [0.5, 0.6) is 11.5 Å². The number of hydrogen-bond donors (Lipinski definition) is 3. The highest BCUT2D eigenvalue weighted by atomic mass is 32.1. The molecular weight excluding hydrogens is 370 g/mol. The van der Waals surface area contributed by atoms with E-state index in [-0.39, 0.29) is 17.4 Å². The molecule has 4 aromatic rings. The summed E-state index contributed by atoms with van der Waals surface area (Å²) in [6, 6.07) is 25.0. The molecular formula is C23H17NO3S. The first kappa shape index (κ1) is 17.8. The molecule has 0 aliphatic carbocycles. The molecule has 28 heavy (non-hydrogen) atoms. The minimum absolute atomic E-state index is 0.179. The maximum atomic E-state index is 12.8. The first-order valence-electron chi connectivity index (χ1n) is 8.69. The lowest BCUT2D eigenvalue weighted by Gasteiger charge is -2.05. The van der Waals surface area contributed by atoms with Crippen molar-refractivity contribution in [1.29, 1.82) is 0 Å². The van der Waals surface area contributed by atoms with Crippen LogP contribution in [0.2, 0.25) is 0 Å². The minimum atomic E-state index is -0.179. The summed E-state index contributed by atoms with van der Waals surface area (Å²) in [6.45, 7) is 0. The fraction of sp³-hybridized carbons (Fsp3) is 0. The van der Waals surface area contributed by atoms with Crippen LogP contribution in [0.25, 0.3) is 21.6 Å². The number of amides is 1. The normalized spacial score (nSPS) is 10.6. The molecule has 4 nitrogen and oxygen atoms in total. The number of para-hydroxylation sites is 1. The van der Waals surface area contributed by atoms with E-state index in [1.165, 1.54) is 11.3 Å². The molecule has 138 valence electrons. The van der Waals surface area contributed by atoms with E-state index in [4.69, 9.17) is 0 Å². The van der Waals surface area contributed by atoms with E-state index in [9.17, 15) is 15.0 Å². The Morgan fingerprint density at radius 1 is 0.750 bits per heavy atom. The van der Waals surface area contributed by atoms with Crippen LogP contribution in [-0.2, 0) is 0 Å². The van der Waals surface area contributed by atoms with Gasteiger partial charge in [-0.15, -0.1) is 11.3 Å². The predicted molar refractivity (Wildman–Crippen MR) is 113 cm³/mol. The largest absolute Gasteiger partial charge is 0.508 e. The van der Waals surface area contributed by atoms with Gasteiger partial charge in [-0.05, 0) is 65.7 Å². The van der Waals surface area contributed by atoms with Crippen molar-refractivity contribution in [2.24, 2.45) is 0 Å². The molecule has 0 saturated carbocycles. The average Bonchev–Trinajstić information content (AvgIpc) is 3.15. The average molecular weight is 387 g/mol. The number of carbonyl (C=O) groups is 1. The summed E-state index contributed by atoms with van der Waals surface area (Å²) >= 11 is 1.39. The molecule has 0 aliphatic heterocycles. The Morgan fingerprint density at radius 2 is 1.32 bits per heavy atom. The molecule has 1 amide bonds. The standard InChI is InChI=1S/C23H17NO3S/c25-18-10-6-15(7-11-18)20-14-21(23(27)24-17-4-2-1-3-5-17)28-22(20)16-8-12-19(26)13-9-16/h1-14,25-26H,(H,24,27).